The number of allylic oxidation sites excluding steroid dienone is 1. The van der Waals surface area contributed by atoms with Gasteiger partial charge in [0, 0.05) is 5.02 Å². The Bertz CT molecular complexity index is 692. The van der Waals surface area contributed by atoms with Crippen molar-refractivity contribution in [3.8, 4) is 23.3 Å². The fourth-order valence-corrected chi connectivity index (χ4v) is 1.81. The van der Waals surface area contributed by atoms with Gasteiger partial charge >= 0.3 is 0 Å². The predicted octanol–water partition coefficient (Wildman–Crippen LogP) is 3.52. The van der Waals surface area contributed by atoms with Gasteiger partial charge in [0.2, 0.25) is 0 Å². The molecule has 0 fully saturated rings. The summed E-state index contributed by atoms with van der Waals surface area (Å²) >= 11 is 5.78. The lowest BCUT2D eigenvalue weighted by Crippen LogP contribution is -1.82. The van der Waals surface area contributed by atoms with Crippen LogP contribution in [0.15, 0.2) is 36.4 Å². The van der Waals surface area contributed by atoms with E-state index in [-0.39, 0.29) is 0 Å². The molecule has 0 atom stereocenters. The molecule has 0 amide bonds. The summed E-state index contributed by atoms with van der Waals surface area (Å²) in [6.45, 7) is 0. The van der Waals surface area contributed by atoms with E-state index in [9.17, 15) is 20.6 Å². The van der Waals surface area contributed by atoms with Crippen molar-refractivity contribution in [2.75, 3.05) is 0 Å². The van der Waals surface area contributed by atoms with Gasteiger partial charge in [0.05, 0.1) is 11.6 Å². The molecule has 0 radical (unpaired) electrons. The molecule has 20 heavy (non-hydrogen) atoms. The zero-order valence-electron chi connectivity index (χ0n) is 10.2. The third kappa shape index (κ3) is 2.85. The van der Waals surface area contributed by atoms with Gasteiger partial charge in [-0.25, -0.2) is 0 Å². The first-order valence-corrected chi connectivity index (χ1v) is 6.01. The molecule has 2 aromatic carbocycles. The minimum atomic E-state index is -0.591. The summed E-state index contributed by atoms with van der Waals surface area (Å²) in [5.41, 5.74) is 1.39. The van der Waals surface area contributed by atoms with E-state index in [1.54, 1.807) is 24.3 Å². The van der Waals surface area contributed by atoms with E-state index in [1.165, 1.54) is 18.2 Å². The molecule has 0 bridgehead atoms. The van der Waals surface area contributed by atoms with Crippen molar-refractivity contribution >= 4 is 23.3 Å². The molecule has 100 valence electrons. The second-order valence-electron chi connectivity index (χ2n) is 4.08. The number of aromatic hydroxyl groups is 3. The SMILES string of the molecule is N#CC(=Cc1cc(O)c(O)c(O)c1)c1ccc(Cl)cc1. The number of phenolic OH excluding ortho intramolecular Hbond substituents is 3. The first-order chi connectivity index (χ1) is 9.51. The number of benzene rings is 2. The molecular weight excluding hydrogens is 278 g/mol. The van der Waals surface area contributed by atoms with E-state index < -0.39 is 17.2 Å². The van der Waals surface area contributed by atoms with Crippen LogP contribution >= 0.6 is 11.6 Å². The zero-order chi connectivity index (χ0) is 14.7. The maximum absolute atomic E-state index is 9.43. The highest BCUT2D eigenvalue weighted by molar-refractivity contribution is 6.30. The molecule has 0 saturated carbocycles. The van der Waals surface area contributed by atoms with Crippen molar-refractivity contribution < 1.29 is 15.3 Å². The lowest BCUT2D eigenvalue weighted by Gasteiger charge is -2.04. The minimum Gasteiger partial charge on any atom is -0.504 e. The molecule has 3 N–H and O–H groups in total. The molecule has 0 unspecified atom stereocenters. The fraction of sp³-hybridized carbons (Fsp3) is 0. The third-order valence-electron chi connectivity index (χ3n) is 2.68. The number of nitrogens with zero attached hydrogens (tertiary/aromatic N) is 1. The summed E-state index contributed by atoms with van der Waals surface area (Å²) in [6, 6.07) is 11.2. The normalized spacial score (nSPS) is 11.1. The van der Waals surface area contributed by atoms with E-state index in [2.05, 4.69) is 0 Å². The van der Waals surface area contributed by atoms with Crippen LogP contribution < -0.4 is 0 Å². The van der Waals surface area contributed by atoms with Crippen molar-refractivity contribution in [1.29, 1.82) is 5.26 Å². The van der Waals surface area contributed by atoms with Gasteiger partial charge in [-0.3, -0.25) is 0 Å². The van der Waals surface area contributed by atoms with Crippen LogP contribution in [0.4, 0.5) is 0 Å². The van der Waals surface area contributed by atoms with Crippen LogP contribution in [0.5, 0.6) is 17.2 Å². The Morgan fingerprint density at radius 3 is 2.10 bits per heavy atom. The Morgan fingerprint density at radius 1 is 1.05 bits per heavy atom. The van der Waals surface area contributed by atoms with Gasteiger partial charge in [-0.1, -0.05) is 23.7 Å². The number of rotatable bonds is 2. The van der Waals surface area contributed by atoms with E-state index in [0.717, 1.165) is 0 Å². The first kappa shape index (κ1) is 13.8. The number of halogens is 1. The van der Waals surface area contributed by atoms with E-state index in [1.807, 2.05) is 6.07 Å². The molecule has 0 heterocycles. The van der Waals surface area contributed by atoms with Gasteiger partial charge in [-0.05, 0) is 41.5 Å². The zero-order valence-corrected chi connectivity index (χ0v) is 11.0. The van der Waals surface area contributed by atoms with Gasteiger partial charge < -0.3 is 15.3 Å². The molecular formula is C15H10ClNO3. The standard InChI is InChI=1S/C15H10ClNO3/c16-12-3-1-10(2-4-12)11(8-17)5-9-6-13(18)15(20)14(19)7-9/h1-7,18-20H. The van der Waals surface area contributed by atoms with Crippen LogP contribution in [0.2, 0.25) is 5.02 Å². The van der Waals surface area contributed by atoms with Crippen LogP contribution in [-0.4, -0.2) is 15.3 Å². The second-order valence-corrected chi connectivity index (χ2v) is 4.52. The van der Waals surface area contributed by atoms with Crippen LogP contribution in [0.25, 0.3) is 11.6 Å². The highest BCUT2D eigenvalue weighted by Crippen LogP contribution is 2.36. The Hall–Kier alpha value is -2.64. The van der Waals surface area contributed by atoms with E-state index in [4.69, 9.17) is 11.6 Å². The molecule has 0 aliphatic rings. The summed E-state index contributed by atoms with van der Waals surface area (Å²) in [5.74, 6) is -1.50. The molecule has 5 heteroatoms. The largest absolute Gasteiger partial charge is 0.504 e. The van der Waals surface area contributed by atoms with Crippen LogP contribution in [0.1, 0.15) is 11.1 Å². The Morgan fingerprint density at radius 2 is 1.60 bits per heavy atom. The summed E-state index contributed by atoms with van der Waals surface area (Å²) < 4.78 is 0. The van der Waals surface area contributed by atoms with Crippen molar-refractivity contribution in [3.63, 3.8) is 0 Å². The second kappa shape index (κ2) is 5.55. The molecule has 0 aliphatic carbocycles. The maximum Gasteiger partial charge on any atom is 0.200 e. The number of hydrogen-bond donors (Lipinski definition) is 3. The van der Waals surface area contributed by atoms with Crippen molar-refractivity contribution in [3.05, 3.63) is 52.5 Å². The highest BCUT2D eigenvalue weighted by Gasteiger charge is 2.08. The van der Waals surface area contributed by atoms with Gasteiger partial charge in [-0.15, -0.1) is 0 Å². The molecule has 2 rings (SSSR count). The van der Waals surface area contributed by atoms with Gasteiger partial charge in [0.25, 0.3) is 0 Å². The quantitative estimate of drug-likeness (QED) is 0.448. The van der Waals surface area contributed by atoms with Gasteiger partial charge in [-0.2, -0.15) is 5.26 Å². The lowest BCUT2D eigenvalue weighted by molar-refractivity contribution is 0.368. The summed E-state index contributed by atoms with van der Waals surface area (Å²) in [7, 11) is 0. The fourth-order valence-electron chi connectivity index (χ4n) is 1.68. The average molecular weight is 288 g/mol. The summed E-state index contributed by atoms with van der Waals surface area (Å²) in [6.07, 6.45) is 1.49. The first-order valence-electron chi connectivity index (χ1n) is 5.64. The molecule has 0 spiro atoms. The Kier molecular flexibility index (Phi) is 3.83. The average Bonchev–Trinajstić information content (AvgIpc) is 2.43. The smallest absolute Gasteiger partial charge is 0.200 e. The monoisotopic (exact) mass is 287 g/mol. The van der Waals surface area contributed by atoms with E-state index in [0.29, 0.717) is 21.7 Å². The predicted molar refractivity (Wildman–Crippen MR) is 76.4 cm³/mol. The van der Waals surface area contributed by atoms with Crippen LogP contribution in [0.3, 0.4) is 0 Å². The molecule has 0 aromatic heterocycles. The number of phenols is 3. The van der Waals surface area contributed by atoms with Crippen molar-refractivity contribution in [2.45, 2.75) is 0 Å². The number of nitriles is 1. The molecule has 0 saturated heterocycles. The van der Waals surface area contributed by atoms with Gasteiger partial charge in [0.1, 0.15) is 0 Å². The maximum atomic E-state index is 9.43. The van der Waals surface area contributed by atoms with Crippen molar-refractivity contribution in [2.24, 2.45) is 0 Å². The van der Waals surface area contributed by atoms with Crippen LogP contribution in [0, 0.1) is 11.3 Å². The lowest BCUT2D eigenvalue weighted by atomic mass is 10.0. The topological polar surface area (TPSA) is 84.5 Å². The molecule has 0 aliphatic heterocycles. The third-order valence-corrected chi connectivity index (χ3v) is 2.93. The summed E-state index contributed by atoms with van der Waals surface area (Å²) in [5, 5.41) is 37.9. The highest BCUT2D eigenvalue weighted by atomic mass is 35.5. The van der Waals surface area contributed by atoms with Crippen molar-refractivity contribution in [1.82, 2.24) is 0 Å². The van der Waals surface area contributed by atoms with Gasteiger partial charge in [0.15, 0.2) is 17.2 Å². The number of hydrogen-bond acceptors (Lipinski definition) is 4. The minimum absolute atomic E-state index is 0.339. The molecule has 4 nitrogen and oxygen atoms in total. The Labute approximate surface area is 120 Å². The van der Waals surface area contributed by atoms with Crippen LogP contribution in [-0.2, 0) is 0 Å². The summed E-state index contributed by atoms with van der Waals surface area (Å²) in [4.78, 5) is 0. The Balaban J connectivity index is 2.47. The molecule has 2 aromatic rings. The van der Waals surface area contributed by atoms with E-state index >= 15 is 0 Å².